The third-order valence-corrected chi connectivity index (χ3v) is 5.70. The molecule has 2 N–H and O–H groups in total. The number of nitrogens with one attached hydrogen (secondary N) is 2. The number of aromatic nitrogens is 1. The number of methoxy groups -OCH3 is 2. The van der Waals surface area contributed by atoms with Crippen molar-refractivity contribution in [2.45, 2.75) is 31.7 Å². The van der Waals surface area contributed by atoms with Crippen LogP contribution in [0.25, 0.3) is 11.3 Å². The first-order valence-corrected chi connectivity index (χ1v) is 10.2. The van der Waals surface area contributed by atoms with Gasteiger partial charge >= 0.3 is 0 Å². The van der Waals surface area contributed by atoms with Crippen LogP contribution in [0.15, 0.2) is 29.6 Å². The average Bonchev–Trinajstić information content (AvgIpc) is 3.16. The van der Waals surface area contributed by atoms with E-state index in [1.165, 1.54) is 7.11 Å². The van der Waals surface area contributed by atoms with Gasteiger partial charge in [-0.3, -0.25) is 4.79 Å². The molecule has 1 aliphatic rings. The second kappa shape index (κ2) is 9.71. The van der Waals surface area contributed by atoms with Crippen LogP contribution in [0.3, 0.4) is 0 Å². The first kappa shape index (κ1) is 19.6. The molecule has 6 nitrogen and oxygen atoms in total. The molecule has 7 heteroatoms. The number of amides is 1. The van der Waals surface area contributed by atoms with E-state index in [0.29, 0.717) is 12.0 Å². The van der Waals surface area contributed by atoms with Crippen LogP contribution in [0.4, 0.5) is 5.13 Å². The number of thiazole rings is 1. The molecule has 27 heavy (non-hydrogen) atoms. The van der Waals surface area contributed by atoms with Gasteiger partial charge in [-0.1, -0.05) is 12.1 Å². The lowest BCUT2D eigenvalue weighted by Gasteiger charge is -2.29. The van der Waals surface area contributed by atoms with Gasteiger partial charge in [-0.05, 0) is 43.7 Å². The summed E-state index contributed by atoms with van der Waals surface area (Å²) >= 11 is 1.63. The molecule has 0 radical (unpaired) electrons. The SMILES string of the molecule is COCC(=O)NCC1CCC(Nc2nc(-c3ccccc3OC)cs2)CC1. The van der Waals surface area contributed by atoms with E-state index in [1.54, 1.807) is 18.4 Å². The Labute approximate surface area is 164 Å². The van der Waals surface area contributed by atoms with E-state index in [0.717, 1.165) is 54.4 Å². The highest BCUT2D eigenvalue weighted by atomic mass is 32.1. The molecule has 1 aliphatic carbocycles. The minimum absolute atomic E-state index is 0.0376. The summed E-state index contributed by atoms with van der Waals surface area (Å²) in [7, 11) is 3.22. The normalized spacial score (nSPS) is 19.5. The van der Waals surface area contributed by atoms with Gasteiger partial charge in [0.05, 0.1) is 12.8 Å². The van der Waals surface area contributed by atoms with Crippen LogP contribution >= 0.6 is 11.3 Å². The fourth-order valence-electron chi connectivity index (χ4n) is 3.45. The van der Waals surface area contributed by atoms with Crippen LogP contribution in [-0.4, -0.2) is 44.3 Å². The summed E-state index contributed by atoms with van der Waals surface area (Å²) in [4.78, 5) is 16.2. The Bertz CT molecular complexity index is 742. The van der Waals surface area contributed by atoms with Gasteiger partial charge in [0.25, 0.3) is 0 Å². The predicted molar refractivity (Wildman–Crippen MR) is 108 cm³/mol. The molecular formula is C20H27N3O3S. The van der Waals surface area contributed by atoms with Gasteiger partial charge in [0.2, 0.25) is 5.91 Å². The highest BCUT2D eigenvalue weighted by molar-refractivity contribution is 7.14. The zero-order valence-electron chi connectivity index (χ0n) is 15.9. The fourth-order valence-corrected chi connectivity index (χ4v) is 4.23. The maximum Gasteiger partial charge on any atom is 0.245 e. The molecule has 146 valence electrons. The second-order valence-corrected chi connectivity index (χ2v) is 7.70. The van der Waals surface area contributed by atoms with Gasteiger partial charge in [-0.15, -0.1) is 11.3 Å². The number of hydrogen-bond donors (Lipinski definition) is 2. The minimum atomic E-state index is -0.0376. The minimum Gasteiger partial charge on any atom is -0.496 e. The highest BCUT2D eigenvalue weighted by Crippen LogP contribution is 2.33. The number of ether oxygens (including phenoxy) is 2. The Morgan fingerprint density at radius 1 is 1.22 bits per heavy atom. The third-order valence-electron chi connectivity index (χ3n) is 4.92. The zero-order chi connectivity index (χ0) is 19.1. The lowest BCUT2D eigenvalue weighted by atomic mass is 9.86. The monoisotopic (exact) mass is 389 g/mol. The van der Waals surface area contributed by atoms with Crippen LogP contribution < -0.4 is 15.4 Å². The molecule has 0 saturated heterocycles. The molecule has 0 spiro atoms. The highest BCUT2D eigenvalue weighted by Gasteiger charge is 2.22. The van der Waals surface area contributed by atoms with Crippen molar-refractivity contribution < 1.29 is 14.3 Å². The number of nitrogens with zero attached hydrogens (tertiary/aromatic N) is 1. The Balaban J connectivity index is 1.49. The number of rotatable bonds is 8. The smallest absolute Gasteiger partial charge is 0.245 e. The predicted octanol–water partition coefficient (Wildman–Crippen LogP) is 3.55. The molecule has 1 saturated carbocycles. The molecule has 1 fully saturated rings. The number of carbonyl (C=O) groups excluding carboxylic acids is 1. The summed E-state index contributed by atoms with van der Waals surface area (Å²) in [6, 6.07) is 8.38. The number of anilines is 1. The van der Waals surface area contributed by atoms with Crippen molar-refractivity contribution in [3.8, 4) is 17.0 Å². The van der Waals surface area contributed by atoms with Crippen molar-refractivity contribution in [3.05, 3.63) is 29.6 Å². The van der Waals surface area contributed by atoms with Gasteiger partial charge in [0.1, 0.15) is 12.4 Å². The summed E-state index contributed by atoms with van der Waals surface area (Å²) in [5, 5.41) is 9.54. The molecule has 1 aromatic carbocycles. The number of hydrogen-bond acceptors (Lipinski definition) is 6. The molecule has 1 heterocycles. The van der Waals surface area contributed by atoms with Crippen molar-refractivity contribution >= 4 is 22.4 Å². The average molecular weight is 390 g/mol. The van der Waals surface area contributed by atoms with E-state index in [1.807, 2.05) is 24.3 Å². The van der Waals surface area contributed by atoms with E-state index < -0.39 is 0 Å². The Hall–Kier alpha value is -2.12. The van der Waals surface area contributed by atoms with Gasteiger partial charge < -0.3 is 20.1 Å². The Kier molecular flexibility index (Phi) is 7.06. The van der Waals surface area contributed by atoms with Gasteiger partial charge in [-0.2, -0.15) is 0 Å². The van der Waals surface area contributed by atoms with E-state index in [2.05, 4.69) is 16.0 Å². The number of para-hydroxylation sites is 1. The summed E-state index contributed by atoms with van der Waals surface area (Å²) < 4.78 is 10.3. The summed E-state index contributed by atoms with van der Waals surface area (Å²) in [5.41, 5.74) is 1.95. The summed E-state index contributed by atoms with van der Waals surface area (Å²) in [6.45, 7) is 0.875. The number of carbonyl (C=O) groups is 1. The Morgan fingerprint density at radius 3 is 2.74 bits per heavy atom. The third kappa shape index (κ3) is 5.43. The summed E-state index contributed by atoms with van der Waals surface area (Å²) in [6.07, 6.45) is 4.40. The van der Waals surface area contributed by atoms with Crippen LogP contribution in [0, 0.1) is 5.92 Å². The van der Waals surface area contributed by atoms with E-state index >= 15 is 0 Å². The van der Waals surface area contributed by atoms with Crippen molar-refractivity contribution in [3.63, 3.8) is 0 Å². The molecule has 0 unspecified atom stereocenters. The largest absolute Gasteiger partial charge is 0.496 e. The van der Waals surface area contributed by atoms with Crippen LogP contribution in [0.5, 0.6) is 5.75 Å². The van der Waals surface area contributed by atoms with Crippen molar-refractivity contribution in [2.24, 2.45) is 5.92 Å². The Morgan fingerprint density at radius 2 is 2.00 bits per heavy atom. The molecule has 1 amide bonds. The molecule has 1 aromatic heterocycles. The van der Waals surface area contributed by atoms with Crippen LogP contribution in [0.1, 0.15) is 25.7 Å². The molecule has 0 aliphatic heterocycles. The van der Waals surface area contributed by atoms with E-state index in [-0.39, 0.29) is 12.5 Å². The molecule has 0 atom stereocenters. The first-order valence-electron chi connectivity index (χ1n) is 9.30. The quantitative estimate of drug-likeness (QED) is 0.722. The van der Waals surface area contributed by atoms with Crippen molar-refractivity contribution in [1.29, 1.82) is 0 Å². The van der Waals surface area contributed by atoms with Crippen LogP contribution in [0.2, 0.25) is 0 Å². The lowest BCUT2D eigenvalue weighted by Crippen LogP contribution is -2.35. The molecule has 3 rings (SSSR count). The topological polar surface area (TPSA) is 72.5 Å². The summed E-state index contributed by atoms with van der Waals surface area (Å²) in [5.74, 6) is 1.35. The molecule has 0 bridgehead atoms. The van der Waals surface area contributed by atoms with Gasteiger partial charge in [-0.25, -0.2) is 4.98 Å². The second-order valence-electron chi connectivity index (χ2n) is 6.84. The maximum atomic E-state index is 11.5. The van der Waals surface area contributed by atoms with Crippen molar-refractivity contribution in [2.75, 3.05) is 32.7 Å². The van der Waals surface area contributed by atoms with E-state index in [4.69, 9.17) is 14.5 Å². The standard InChI is InChI=1S/C20H27N3O3S/c1-25-12-19(24)21-11-14-7-9-15(10-8-14)22-20-23-17(13-27-20)16-5-3-4-6-18(16)26-2/h3-6,13-15H,7-12H2,1-2H3,(H,21,24)(H,22,23). The van der Waals surface area contributed by atoms with E-state index in [9.17, 15) is 4.79 Å². The van der Waals surface area contributed by atoms with Crippen LogP contribution in [-0.2, 0) is 9.53 Å². The zero-order valence-corrected chi connectivity index (χ0v) is 16.7. The van der Waals surface area contributed by atoms with Crippen molar-refractivity contribution in [1.82, 2.24) is 10.3 Å². The fraction of sp³-hybridized carbons (Fsp3) is 0.500. The number of benzene rings is 1. The maximum absolute atomic E-state index is 11.5. The lowest BCUT2D eigenvalue weighted by molar-refractivity contribution is -0.124. The molecular weight excluding hydrogens is 362 g/mol. The first-order chi connectivity index (χ1) is 13.2. The van der Waals surface area contributed by atoms with Gasteiger partial charge in [0, 0.05) is 30.6 Å². The van der Waals surface area contributed by atoms with Gasteiger partial charge in [0.15, 0.2) is 5.13 Å². The molecule has 2 aromatic rings.